The summed E-state index contributed by atoms with van der Waals surface area (Å²) < 4.78 is 9.88. The van der Waals surface area contributed by atoms with Gasteiger partial charge in [-0.05, 0) is 127 Å². The molecule has 9 aromatic rings. The number of benzene rings is 7. The molecule has 0 spiro atoms. The van der Waals surface area contributed by atoms with E-state index < -0.39 is 0 Å². The Kier molecular flexibility index (Phi) is 8.55. The fraction of sp³-hybridized carbons (Fsp3) is 0.170. The lowest BCUT2D eigenvalue weighted by Crippen LogP contribution is -2.61. The van der Waals surface area contributed by atoms with Crippen LogP contribution in [0.3, 0.4) is 0 Å². The topological polar surface area (TPSA) is 19.6 Å². The Morgan fingerprint density at radius 3 is 2.12 bits per heavy atom. The van der Waals surface area contributed by atoms with Crippen molar-refractivity contribution in [2.75, 3.05) is 9.71 Å². The van der Waals surface area contributed by atoms with Gasteiger partial charge in [0.15, 0.2) is 0 Å². The van der Waals surface area contributed by atoms with Crippen LogP contribution >= 0.6 is 11.3 Å². The standard InChI is InChI=1S/C53H45BN2OS/c1-4-6-15-35-23-26-38(27-24-35)56-44-29-30-48-50(40-20-12-14-22-47(40)58-48)49(44)42-31-34(3)32-45-51(42)54(56)53-52(39-19-11-13-21-46(39)57-53)55(45)43-28-25-36(16-7-5-2)33-41(43)37-17-9-8-10-18-37/h8-14,17-33H,4-7,15-16H2,1-3H3. The van der Waals surface area contributed by atoms with Gasteiger partial charge in [0.1, 0.15) is 11.2 Å². The summed E-state index contributed by atoms with van der Waals surface area (Å²) >= 11 is 1.89. The van der Waals surface area contributed by atoms with Crippen LogP contribution < -0.4 is 20.8 Å². The van der Waals surface area contributed by atoms with Crippen molar-refractivity contribution in [3.05, 3.63) is 162 Å². The van der Waals surface area contributed by atoms with Crippen molar-refractivity contribution in [3.8, 4) is 22.3 Å². The van der Waals surface area contributed by atoms with Crippen molar-refractivity contribution >= 4 is 88.9 Å². The Morgan fingerprint density at radius 1 is 0.603 bits per heavy atom. The largest absolute Gasteiger partial charge is 0.466 e. The van der Waals surface area contributed by atoms with Gasteiger partial charge in [-0.1, -0.05) is 112 Å². The molecule has 0 atom stereocenters. The molecule has 0 saturated carbocycles. The average molecular weight is 769 g/mol. The minimum Gasteiger partial charge on any atom is -0.466 e. The maximum absolute atomic E-state index is 7.25. The number of fused-ring (bicyclic) bond motifs is 10. The highest BCUT2D eigenvalue weighted by Gasteiger charge is 2.49. The zero-order valence-electron chi connectivity index (χ0n) is 33.4. The van der Waals surface area contributed by atoms with Crippen LogP contribution in [0.1, 0.15) is 56.2 Å². The molecule has 11 rings (SSSR count). The smallest absolute Gasteiger partial charge is 0.375 e. The maximum atomic E-state index is 7.25. The monoisotopic (exact) mass is 768 g/mol. The summed E-state index contributed by atoms with van der Waals surface area (Å²) in [6.07, 6.45) is 6.87. The van der Waals surface area contributed by atoms with E-state index in [0.29, 0.717) is 0 Å². The van der Waals surface area contributed by atoms with E-state index in [0.717, 1.165) is 35.2 Å². The molecule has 2 aliphatic heterocycles. The number of nitrogens with zero attached hydrogens (tertiary/aromatic N) is 2. The van der Waals surface area contributed by atoms with Gasteiger partial charge >= 0.3 is 6.85 Å². The van der Waals surface area contributed by atoms with Crippen LogP contribution in [0.15, 0.2) is 150 Å². The molecule has 0 saturated heterocycles. The first-order valence-electron chi connectivity index (χ1n) is 21.1. The molecule has 282 valence electrons. The maximum Gasteiger partial charge on any atom is 0.375 e. The molecule has 0 amide bonds. The van der Waals surface area contributed by atoms with E-state index in [4.69, 9.17) is 4.42 Å². The van der Waals surface area contributed by atoms with Crippen LogP contribution in [0.5, 0.6) is 0 Å². The predicted molar refractivity (Wildman–Crippen MR) is 250 cm³/mol. The van der Waals surface area contributed by atoms with Gasteiger partial charge in [-0.25, -0.2) is 0 Å². The number of hydrogen-bond acceptors (Lipinski definition) is 4. The van der Waals surface area contributed by atoms with Gasteiger partial charge in [0.05, 0.1) is 11.4 Å². The van der Waals surface area contributed by atoms with Crippen LogP contribution in [0.2, 0.25) is 0 Å². The summed E-state index contributed by atoms with van der Waals surface area (Å²) in [7, 11) is 0. The van der Waals surface area contributed by atoms with E-state index in [1.165, 1.54) is 113 Å². The first-order chi connectivity index (χ1) is 28.6. The molecule has 0 unspecified atom stereocenters. The zero-order valence-corrected chi connectivity index (χ0v) is 34.2. The number of aryl methyl sites for hydroxylation is 3. The number of para-hydroxylation sites is 1. The van der Waals surface area contributed by atoms with E-state index >= 15 is 0 Å². The fourth-order valence-corrected chi connectivity index (χ4v) is 10.9. The SMILES string of the molecule is CCCCc1ccc(N2B3c4oc5ccccc5c4N(c4ccc(CCCC)cc4-c4ccccc4)c4cc(C)cc(c43)-c3c2ccc2sc4ccccc4c32)cc1. The Bertz CT molecular complexity index is 3020. The van der Waals surface area contributed by atoms with Crippen LogP contribution in [0, 0.1) is 6.92 Å². The predicted octanol–water partition coefficient (Wildman–Crippen LogP) is 14.2. The second-order valence-corrected chi connectivity index (χ2v) is 17.3. The number of anilines is 5. The quantitative estimate of drug-likeness (QED) is 0.136. The van der Waals surface area contributed by atoms with Crippen LogP contribution in [0.25, 0.3) is 53.4 Å². The van der Waals surface area contributed by atoms with Gasteiger partial charge in [-0.15, -0.1) is 11.3 Å². The molecule has 3 nitrogen and oxygen atoms in total. The lowest BCUT2D eigenvalue weighted by Gasteiger charge is -2.44. The molecule has 0 aliphatic carbocycles. The molecular formula is C53H45BN2OS. The molecule has 5 heteroatoms. The van der Waals surface area contributed by atoms with E-state index in [1.807, 2.05) is 11.3 Å². The molecule has 0 fully saturated rings. The van der Waals surface area contributed by atoms with E-state index in [2.05, 4.69) is 176 Å². The van der Waals surface area contributed by atoms with Gasteiger partial charge < -0.3 is 14.1 Å². The highest BCUT2D eigenvalue weighted by Crippen LogP contribution is 2.53. The van der Waals surface area contributed by atoms with Gasteiger partial charge in [-0.2, -0.15) is 0 Å². The molecule has 2 aromatic heterocycles. The molecule has 4 heterocycles. The summed E-state index contributed by atoms with van der Waals surface area (Å²) in [5.74, 6) is 0. The minimum absolute atomic E-state index is 0.190. The Labute approximate surface area is 345 Å². The molecule has 58 heavy (non-hydrogen) atoms. The Hall–Kier alpha value is -6.04. The Morgan fingerprint density at radius 2 is 1.31 bits per heavy atom. The first-order valence-corrected chi connectivity index (χ1v) is 21.9. The third kappa shape index (κ3) is 5.47. The highest BCUT2D eigenvalue weighted by molar-refractivity contribution is 7.26. The Balaban J connectivity index is 1.26. The van der Waals surface area contributed by atoms with Crippen molar-refractivity contribution in [3.63, 3.8) is 0 Å². The van der Waals surface area contributed by atoms with Crippen molar-refractivity contribution in [2.45, 2.75) is 59.3 Å². The molecule has 7 aromatic carbocycles. The van der Waals surface area contributed by atoms with E-state index in [1.54, 1.807) is 0 Å². The lowest BCUT2D eigenvalue weighted by molar-refractivity contribution is 0.650. The molecular weight excluding hydrogens is 723 g/mol. The highest BCUT2D eigenvalue weighted by atomic mass is 32.1. The number of rotatable bonds is 9. The fourth-order valence-electron chi connectivity index (χ4n) is 9.75. The van der Waals surface area contributed by atoms with Gasteiger partial charge in [0, 0.05) is 53.7 Å². The summed E-state index contributed by atoms with van der Waals surface area (Å²) in [5.41, 5.74) is 18.1. The second-order valence-electron chi connectivity index (χ2n) is 16.2. The normalized spacial score (nSPS) is 13.1. The van der Waals surface area contributed by atoms with Crippen molar-refractivity contribution in [1.29, 1.82) is 0 Å². The summed E-state index contributed by atoms with van der Waals surface area (Å²) in [6, 6.07) is 54.7. The molecule has 0 radical (unpaired) electrons. The summed E-state index contributed by atoms with van der Waals surface area (Å²) in [5, 5.41) is 3.77. The van der Waals surface area contributed by atoms with Crippen LogP contribution in [0.4, 0.5) is 28.4 Å². The minimum atomic E-state index is -0.190. The van der Waals surface area contributed by atoms with Gasteiger partial charge in [-0.3, -0.25) is 0 Å². The first kappa shape index (κ1) is 35.2. The van der Waals surface area contributed by atoms with Crippen molar-refractivity contribution in [1.82, 2.24) is 0 Å². The lowest BCUT2D eigenvalue weighted by atomic mass is 9.45. The third-order valence-corrected chi connectivity index (χ3v) is 13.6. The number of thiophene rings is 1. The number of hydrogen-bond donors (Lipinski definition) is 0. The third-order valence-electron chi connectivity index (χ3n) is 12.4. The summed E-state index contributed by atoms with van der Waals surface area (Å²) in [6.45, 7) is 6.62. The van der Waals surface area contributed by atoms with E-state index in [-0.39, 0.29) is 6.85 Å². The zero-order chi connectivity index (χ0) is 38.9. The number of furan rings is 1. The average Bonchev–Trinajstić information content (AvgIpc) is 3.84. The van der Waals surface area contributed by atoms with E-state index in [9.17, 15) is 0 Å². The summed E-state index contributed by atoms with van der Waals surface area (Å²) in [4.78, 5) is 5.15. The molecule has 2 aliphatic rings. The van der Waals surface area contributed by atoms with Crippen LogP contribution in [-0.4, -0.2) is 6.85 Å². The van der Waals surface area contributed by atoms with Crippen LogP contribution in [-0.2, 0) is 12.8 Å². The number of unbranched alkanes of at least 4 members (excludes halogenated alkanes) is 2. The van der Waals surface area contributed by atoms with Gasteiger partial charge in [0.2, 0.25) is 0 Å². The molecule has 0 bridgehead atoms. The van der Waals surface area contributed by atoms with Crippen molar-refractivity contribution < 1.29 is 4.42 Å². The second kappa shape index (κ2) is 14.1. The van der Waals surface area contributed by atoms with Crippen molar-refractivity contribution in [2.24, 2.45) is 0 Å². The van der Waals surface area contributed by atoms with Gasteiger partial charge in [0.25, 0.3) is 0 Å². The molecule has 0 N–H and O–H groups in total.